The summed E-state index contributed by atoms with van der Waals surface area (Å²) in [5.74, 6) is -4.37. The first-order chi connectivity index (χ1) is 2.64. The molecule has 0 aliphatic carbocycles. The zero-order valence-corrected chi connectivity index (χ0v) is 4.01. The zero-order valence-electron chi connectivity index (χ0n) is 2.97. The average molecular weight is 147 g/mol. The van der Waals surface area contributed by atoms with Gasteiger partial charge in [0.25, 0.3) is 0 Å². The molecule has 0 aliphatic rings. The first-order valence-corrected chi connectivity index (χ1v) is 1.07. The average Bonchev–Trinajstić information content (AvgIpc) is 1.36. The van der Waals surface area contributed by atoms with E-state index < -0.39 is 11.9 Å². The topological polar surface area (TPSA) is 80.3 Å². The molecule has 0 saturated carbocycles. The van der Waals surface area contributed by atoms with Gasteiger partial charge in [-0.15, -0.1) is 0 Å². The number of carboxylic acid groups (broad SMARTS) is 2. The molecule has 0 aromatic heterocycles. The molecule has 4 nitrogen and oxygen atoms in total. The summed E-state index contributed by atoms with van der Waals surface area (Å²) in [6.07, 6.45) is 0. The summed E-state index contributed by atoms with van der Waals surface area (Å²) in [7, 11) is 0. The van der Waals surface area contributed by atoms with E-state index >= 15 is 0 Å². The van der Waals surface area contributed by atoms with E-state index in [1.165, 1.54) is 0 Å². The van der Waals surface area contributed by atoms with Gasteiger partial charge in [0.2, 0.25) is 0 Å². The Morgan fingerprint density at radius 1 is 1.00 bits per heavy atom. The van der Waals surface area contributed by atoms with Gasteiger partial charge < -0.3 is 19.8 Å². The van der Waals surface area contributed by atoms with Crippen molar-refractivity contribution in [1.29, 1.82) is 0 Å². The molecule has 0 N–H and O–H groups in total. The van der Waals surface area contributed by atoms with E-state index in [2.05, 4.69) is 0 Å². The molecule has 1 radical (unpaired) electrons. The Morgan fingerprint density at radius 3 is 1.14 bits per heavy atom. The van der Waals surface area contributed by atoms with E-state index in [0.717, 1.165) is 0 Å². The van der Waals surface area contributed by atoms with Gasteiger partial charge in [-0.3, -0.25) is 0 Å². The fraction of sp³-hybridized carbons (Fsp3) is 0. The molecule has 0 rings (SSSR count). The number of hydrogen-bond acceptors (Lipinski definition) is 4. The molecular weight excluding hydrogens is 147 g/mol. The Balaban J connectivity index is 0. The van der Waals surface area contributed by atoms with Crippen molar-refractivity contribution in [3.63, 3.8) is 0 Å². The van der Waals surface area contributed by atoms with E-state index in [-0.39, 0.29) is 16.8 Å². The minimum atomic E-state index is -2.19. The van der Waals surface area contributed by atoms with E-state index in [4.69, 9.17) is 19.8 Å². The number of carbonyl (C=O) groups is 2. The van der Waals surface area contributed by atoms with Crippen LogP contribution in [0.25, 0.3) is 0 Å². The fourth-order valence-corrected chi connectivity index (χ4v) is 0. The third kappa shape index (κ3) is 5.45. The van der Waals surface area contributed by atoms with Gasteiger partial charge in [0.15, 0.2) is 0 Å². The summed E-state index contributed by atoms with van der Waals surface area (Å²) in [5, 5.41) is 17.9. The maximum atomic E-state index is 8.93. The van der Waals surface area contributed by atoms with Crippen LogP contribution in [0.2, 0.25) is 0 Å². The molecule has 0 aromatic rings. The van der Waals surface area contributed by atoms with Crippen LogP contribution >= 0.6 is 0 Å². The van der Waals surface area contributed by atoms with Gasteiger partial charge in [-0.25, -0.2) is 0 Å². The number of carbonyl (C=O) groups excluding carboxylic acids is 2. The van der Waals surface area contributed by atoms with Gasteiger partial charge in [0.1, 0.15) is 0 Å². The van der Waals surface area contributed by atoms with Crippen molar-refractivity contribution >= 4 is 11.9 Å². The number of aliphatic carboxylic acids is 2. The van der Waals surface area contributed by atoms with Gasteiger partial charge in [0.05, 0.1) is 11.9 Å². The predicted octanol–water partition coefficient (Wildman–Crippen LogP) is -3.52. The van der Waals surface area contributed by atoms with Gasteiger partial charge in [-0.2, -0.15) is 0 Å². The summed E-state index contributed by atoms with van der Waals surface area (Å²) in [6.45, 7) is 0. The largest absolute Gasteiger partial charge is 2.00 e. The molecule has 0 heterocycles. The normalized spacial score (nSPS) is 6.29. The van der Waals surface area contributed by atoms with Crippen LogP contribution in [0.3, 0.4) is 0 Å². The summed E-state index contributed by atoms with van der Waals surface area (Å²) in [6, 6.07) is 0. The van der Waals surface area contributed by atoms with Crippen LogP contribution in [0.5, 0.6) is 0 Å². The summed E-state index contributed by atoms with van der Waals surface area (Å²) >= 11 is 0. The van der Waals surface area contributed by atoms with Crippen molar-refractivity contribution in [2.45, 2.75) is 0 Å². The summed E-state index contributed by atoms with van der Waals surface area (Å²) in [4.78, 5) is 17.9. The van der Waals surface area contributed by atoms with Gasteiger partial charge >= 0.3 is 16.8 Å². The van der Waals surface area contributed by atoms with Crippen LogP contribution in [0.15, 0.2) is 0 Å². The third-order valence-corrected chi connectivity index (χ3v) is 0.167. The van der Waals surface area contributed by atoms with E-state index in [0.29, 0.717) is 0 Å². The smallest absolute Gasteiger partial charge is 0.543 e. The Bertz CT molecular complexity index is 75.7. The van der Waals surface area contributed by atoms with Crippen molar-refractivity contribution in [3.8, 4) is 0 Å². The zero-order chi connectivity index (χ0) is 5.15. The first kappa shape index (κ1) is 9.67. The molecule has 0 atom stereocenters. The fourth-order valence-electron chi connectivity index (χ4n) is 0. The minimum absolute atomic E-state index is 0. The van der Waals surface area contributed by atoms with Gasteiger partial charge in [-0.1, -0.05) is 0 Å². The molecule has 41 valence electrons. The van der Waals surface area contributed by atoms with Crippen LogP contribution in [-0.4, -0.2) is 11.9 Å². The molecule has 7 heavy (non-hydrogen) atoms. The van der Waals surface area contributed by atoms with Crippen LogP contribution in [0.4, 0.5) is 0 Å². The number of carboxylic acids is 2. The maximum absolute atomic E-state index is 8.93. The summed E-state index contributed by atoms with van der Waals surface area (Å²) in [5.41, 5.74) is 0. The molecular formula is C2CoO4. The van der Waals surface area contributed by atoms with E-state index in [1.807, 2.05) is 0 Å². The quantitative estimate of drug-likeness (QED) is 0.332. The Hall–Kier alpha value is -0.554. The molecule has 0 aromatic carbocycles. The second-order valence-corrected chi connectivity index (χ2v) is 0.575. The Morgan fingerprint density at radius 2 is 1.14 bits per heavy atom. The summed E-state index contributed by atoms with van der Waals surface area (Å²) < 4.78 is 0. The minimum Gasteiger partial charge on any atom is -0.543 e. The Kier molecular flexibility index (Phi) is 5.02. The second-order valence-electron chi connectivity index (χ2n) is 0.575. The molecule has 0 amide bonds. The van der Waals surface area contributed by atoms with Crippen molar-refractivity contribution in [1.82, 2.24) is 0 Å². The SMILES string of the molecule is O=C([O-])C(=O)[O-].[Co+2]. The number of hydrogen-bond donors (Lipinski definition) is 0. The molecule has 0 unspecified atom stereocenters. The Labute approximate surface area is 49.3 Å². The molecule has 0 fully saturated rings. The van der Waals surface area contributed by atoms with Crippen LogP contribution in [0.1, 0.15) is 0 Å². The predicted molar refractivity (Wildman–Crippen MR) is 10.0 cm³/mol. The monoisotopic (exact) mass is 147 g/mol. The van der Waals surface area contributed by atoms with Crippen LogP contribution < -0.4 is 10.2 Å². The van der Waals surface area contributed by atoms with Crippen LogP contribution in [0, 0.1) is 0 Å². The molecule has 0 aliphatic heterocycles. The maximum Gasteiger partial charge on any atom is 2.00 e. The van der Waals surface area contributed by atoms with E-state index in [1.54, 1.807) is 0 Å². The standard InChI is InChI=1S/C2H2O4.Co/c3-1(4)2(5)6;/h(H,3,4)(H,5,6);/q;+2/p-2. The van der Waals surface area contributed by atoms with Crippen molar-refractivity contribution in [3.05, 3.63) is 0 Å². The molecule has 0 saturated heterocycles. The molecule has 0 bridgehead atoms. The van der Waals surface area contributed by atoms with Gasteiger partial charge in [0, 0.05) is 0 Å². The van der Waals surface area contributed by atoms with Crippen molar-refractivity contribution < 1.29 is 36.6 Å². The molecule has 0 spiro atoms. The second kappa shape index (κ2) is 3.63. The third-order valence-electron chi connectivity index (χ3n) is 0.167. The van der Waals surface area contributed by atoms with Crippen molar-refractivity contribution in [2.24, 2.45) is 0 Å². The van der Waals surface area contributed by atoms with Gasteiger partial charge in [-0.05, 0) is 0 Å². The van der Waals surface area contributed by atoms with Crippen LogP contribution in [-0.2, 0) is 26.4 Å². The molecule has 5 heteroatoms. The van der Waals surface area contributed by atoms with Crippen molar-refractivity contribution in [2.75, 3.05) is 0 Å². The van der Waals surface area contributed by atoms with E-state index in [9.17, 15) is 0 Å². The first-order valence-electron chi connectivity index (χ1n) is 1.07. The number of rotatable bonds is 0.